The third kappa shape index (κ3) is 5.98. The summed E-state index contributed by atoms with van der Waals surface area (Å²) in [6.45, 7) is 1.77. The number of Topliss-reactive ketones (excluding diaryl/α,β-unsaturated/α-hetero) is 1. The van der Waals surface area contributed by atoms with Crippen LogP contribution in [0.3, 0.4) is 0 Å². The van der Waals surface area contributed by atoms with Gasteiger partial charge in [-0.15, -0.1) is 11.8 Å². The first-order valence-corrected chi connectivity index (χ1v) is 3.73. The van der Waals surface area contributed by atoms with Crippen molar-refractivity contribution in [2.75, 3.05) is 18.8 Å². The predicted molar refractivity (Wildman–Crippen MR) is 35.0 cm³/mol. The van der Waals surface area contributed by atoms with Gasteiger partial charge in [0.2, 0.25) is 0 Å². The minimum absolute atomic E-state index is 0.0825. The molecule has 0 unspecified atom stereocenters. The Morgan fingerprint density at radius 1 is 1.75 bits per heavy atom. The number of hydrogen-bond donors (Lipinski definition) is 0. The summed E-state index contributed by atoms with van der Waals surface area (Å²) in [7, 11) is 0. The van der Waals surface area contributed by atoms with Gasteiger partial charge in [0.1, 0.15) is 6.61 Å². The first-order valence-electron chi connectivity index (χ1n) is 2.33. The summed E-state index contributed by atoms with van der Waals surface area (Å²) in [5.74, 6) is 0.693. The Bertz CT molecular complexity index is 72.8. The Morgan fingerprint density at radius 2 is 2.38 bits per heavy atom. The molecule has 0 amide bonds. The summed E-state index contributed by atoms with van der Waals surface area (Å²) in [6.07, 6.45) is 1.93. The van der Waals surface area contributed by atoms with Gasteiger partial charge in [-0.2, -0.15) is 0 Å². The molecule has 0 heterocycles. The van der Waals surface area contributed by atoms with Gasteiger partial charge in [-0.3, -0.25) is 4.79 Å². The molecule has 0 radical (unpaired) electrons. The van der Waals surface area contributed by atoms with Crippen molar-refractivity contribution in [3.8, 4) is 0 Å². The number of carbonyl (C=O) groups is 1. The molecule has 0 N–H and O–H groups in total. The lowest BCUT2D eigenvalue weighted by atomic mass is 10.5. The molecule has 0 saturated heterocycles. The monoisotopic (exact) mass is 134 g/mol. The molecule has 0 aromatic rings. The molecular weight excluding hydrogens is 124 g/mol. The number of carbonyl (C=O) groups excluding carboxylic acids is 1. The normalized spacial score (nSPS) is 9.25. The average molecular weight is 134 g/mol. The van der Waals surface area contributed by atoms with Crippen LogP contribution >= 0.6 is 11.8 Å². The second-order valence-electron chi connectivity index (χ2n) is 1.46. The molecular formula is C5H10O2S. The van der Waals surface area contributed by atoms with E-state index in [0.29, 0.717) is 5.94 Å². The molecule has 0 atom stereocenters. The molecule has 0 aromatic heterocycles. The van der Waals surface area contributed by atoms with Gasteiger partial charge >= 0.3 is 0 Å². The van der Waals surface area contributed by atoms with Crippen molar-refractivity contribution < 1.29 is 9.53 Å². The summed E-state index contributed by atoms with van der Waals surface area (Å²) in [5, 5.41) is 0. The quantitative estimate of drug-likeness (QED) is 0.422. The minimum atomic E-state index is 0.0825. The van der Waals surface area contributed by atoms with Gasteiger partial charge in [-0.1, -0.05) is 0 Å². The Morgan fingerprint density at radius 3 is 2.75 bits per heavy atom. The number of ketones is 1. The third-order valence-electron chi connectivity index (χ3n) is 0.507. The standard InChI is InChI=1S/C5H10O2S/c1-5(6)3-7-4-8-2/h3-4H2,1-2H3. The largest absolute Gasteiger partial charge is 0.363 e. The van der Waals surface area contributed by atoms with E-state index in [1.165, 1.54) is 6.92 Å². The minimum Gasteiger partial charge on any atom is -0.363 e. The molecule has 2 nitrogen and oxygen atoms in total. The Hall–Kier alpha value is -0.0200. The topological polar surface area (TPSA) is 26.3 Å². The van der Waals surface area contributed by atoms with Crippen molar-refractivity contribution >= 4 is 17.5 Å². The van der Waals surface area contributed by atoms with Gasteiger partial charge in [-0.05, 0) is 13.2 Å². The summed E-state index contributed by atoms with van der Waals surface area (Å²) < 4.78 is 4.86. The smallest absolute Gasteiger partial charge is 0.155 e. The van der Waals surface area contributed by atoms with E-state index in [1.807, 2.05) is 6.26 Å². The fraction of sp³-hybridized carbons (Fsp3) is 0.800. The Balaban J connectivity index is 2.82. The van der Waals surface area contributed by atoms with E-state index in [2.05, 4.69) is 0 Å². The fourth-order valence-corrected chi connectivity index (χ4v) is 0.519. The van der Waals surface area contributed by atoms with E-state index in [-0.39, 0.29) is 12.4 Å². The maximum atomic E-state index is 10.2. The molecule has 0 aliphatic heterocycles. The number of hydrogen-bond acceptors (Lipinski definition) is 3. The predicted octanol–water partition coefficient (Wildman–Crippen LogP) is 0.913. The van der Waals surface area contributed by atoms with Gasteiger partial charge < -0.3 is 4.74 Å². The van der Waals surface area contributed by atoms with Crippen LogP contribution in [0.2, 0.25) is 0 Å². The molecule has 0 fully saturated rings. The lowest BCUT2D eigenvalue weighted by molar-refractivity contribution is -0.120. The molecule has 48 valence electrons. The van der Waals surface area contributed by atoms with Crippen LogP contribution in [0, 0.1) is 0 Å². The number of rotatable bonds is 4. The van der Waals surface area contributed by atoms with Crippen molar-refractivity contribution in [3.05, 3.63) is 0 Å². The Kier molecular flexibility index (Phi) is 5.11. The third-order valence-corrected chi connectivity index (χ3v) is 0.909. The van der Waals surface area contributed by atoms with Crippen molar-refractivity contribution in [1.29, 1.82) is 0 Å². The van der Waals surface area contributed by atoms with Crippen LogP contribution in [-0.4, -0.2) is 24.6 Å². The van der Waals surface area contributed by atoms with Gasteiger partial charge in [0.05, 0.1) is 5.94 Å². The zero-order valence-corrected chi connectivity index (χ0v) is 5.96. The highest BCUT2D eigenvalue weighted by Crippen LogP contribution is 1.90. The first kappa shape index (κ1) is 7.98. The van der Waals surface area contributed by atoms with Gasteiger partial charge in [0, 0.05) is 0 Å². The summed E-state index contributed by atoms with van der Waals surface area (Å²) >= 11 is 1.57. The Labute approximate surface area is 53.6 Å². The lowest BCUT2D eigenvalue weighted by Crippen LogP contribution is -2.02. The van der Waals surface area contributed by atoms with Crippen LogP contribution < -0.4 is 0 Å². The van der Waals surface area contributed by atoms with Gasteiger partial charge in [0.25, 0.3) is 0 Å². The summed E-state index contributed by atoms with van der Waals surface area (Å²) in [6, 6.07) is 0. The lowest BCUT2D eigenvalue weighted by Gasteiger charge is -1.94. The maximum Gasteiger partial charge on any atom is 0.155 e. The van der Waals surface area contributed by atoms with E-state index < -0.39 is 0 Å². The number of thioether (sulfide) groups is 1. The van der Waals surface area contributed by atoms with Crippen molar-refractivity contribution in [3.63, 3.8) is 0 Å². The van der Waals surface area contributed by atoms with Crippen molar-refractivity contribution in [2.45, 2.75) is 6.92 Å². The van der Waals surface area contributed by atoms with Crippen LogP contribution in [0.25, 0.3) is 0 Å². The molecule has 0 aliphatic rings. The molecule has 0 aromatic carbocycles. The highest BCUT2D eigenvalue weighted by atomic mass is 32.2. The second-order valence-corrected chi connectivity index (χ2v) is 2.27. The van der Waals surface area contributed by atoms with Crippen molar-refractivity contribution in [2.24, 2.45) is 0 Å². The summed E-state index contributed by atoms with van der Waals surface area (Å²) in [5.41, 5.74) is 0. The van der Waals surface area contributed by atoms with Crippen LogP contribution in [-0.2, 0) is 9.53 Å². The molecule has 8 heavy (non-hydrogen) atoms. The molecule has 3 heteroatoms. The second kappa shape index (κ2) is 5.12. The molecule has 0 rings (SSSR count). The van der Waals surface area contributed by atoms with E-state index in [9.17, 15) is 4.79 Å². The van der Waals surface area contributed by atoms with E-state index in [1.54, 1.807) is 11.8 Å². The fourth-order valence-electron chi connectivity index (χ4n) is 0.269. The average Bonchev–Trinajstić information content (AvgIpc) is 1.66. The zero-order valence-electron chi connectivity index (χ0n) is 5.14. The maximum absolute atomic E-state index is 10.2. The highest BCUT2D eigenvalue weighted by molar-refractivity contribution is 7.98. The van der Waals surface area contributed by atoms with Crippen LogP contribution in [0.5, 0.6) is 0 Å². The first-order chi connectivity index (χ1) is 3.77. The molecule has 0 aliphatic carbocycles. The molecule has 0 spiro atoms. The zero-order chi connectivity index (χ0) is 6.41. The summed E-state index contributed by atoms with van der Waals surface area (Å²) in [4.78, 5) is 10.2. The van der Waals surface area contributed by atoms with Gasteiger partial charge in [0.15, 0.2) is 5.78 Å². The van der Waals surface area contributed by atoms with E-state index >= 15 is 0 Å². The van der Waals surface area contributed by atoms with Crippen LogP contribution in [0.1, 0.15) is 6.92 Å². The van der Waals surface area contributed by atoms with Crippen LogP contribution in [0.15, 0.2) is 0 Å². The van der Waals surface area contributed by atoms with Crippen molar-refractivity contribution in [1.82, 2.24) is 0 Å². The van der Waals surface area contributed by atoms with Crippen LogP contribution in [0.4, 0.5) is 0 Å². The van der Waals surface area contributed by atoms with Gasteiger partial charge in [-0.25, -0.2) is 0 Å². The number of ether oxygens (including phenoxy) is 1. The SMILES string of the molecule is CSCOCC(C)=O. The molecule has 0 bridgehead atoms. The molecule has 0 saturated carbocycles. The van der Waals surface area contributed by atoms with E-state index in [0.717, 1.165) is 0 Å². The highest BCUT2D eigenvalue weighted by Gasteiger charge is 1.89. The van der Waals surface area contributed by atoms with E-state index in [4.69, 9.17) is 4.74 Å².